The van der Waals surface area contributed by atoms with E-state index in [1.54, 1.807) is 19.2 Å². The molecule has 0 bridgehead atoms. The largest absolute Gasteiger partial charge is 0.381 e. The zero-order chi connectivity index (χ0) is 15.9. The van der Waals surface area contributed by atoms with Crippen LogP contribution in [0.25, 0.3) is 0 Å². The minimum Gasteiger partial charge on any atom is -0.381 e. The fourth-order valence-corrected chi connectivity index (χ4v) is 3.58. The van der Waals surface area contributed by atoms with Gasteiger partial charge < -0.3 is 10.5 Å². The molecule has 0 aliphatic carbocycles. The lowest BCUT2D eigenvalue weighted by atomic mass is 9.74. The van der Waals surface area contributed by atoms with Crippen molar-refractivity contribution in [1.82, 2.24) is 4.90 Å². The first-order chi connectivity index (χ1) is 10.5. The number of aliphatic imine (C=N–C) groups is 1. The molecule has 1 amide bonds. The molecule has 1 unspecified atom stereocenters. The quantitative estimate of drug-likeness (QED) is 0.866. The van der Waals surface area contributed by atoms with Gasteiger partial charge in [-0.05, 0) is 46.5 Å². The van der Waals surface area contributed by atoms with Crippen molar-refractivity contribution in [2.45, 2.75) is 18.4 Å². The van der Waals surface area contributed by atoms with Gasteiger partial charge in [0.05, 0.1) is 4.47 Å². The van der Waals surface area contributed by atoms with Gasteiger partial charge in [-0.1, -0.05) is 6.07 Å². The van der Waals surface area contributed by atoms with Crippen LogP contribution in [0, 0.1) is 11.7 Å². The number of ether oxygens (including phenoxy) is 1. The highest BCUT2D eigenvalue weighted by Gasteiger charge is 2.53. The van der Waals surface area contributed by atoms with Gasteiger partial charge in [-0.3, -0.25) is 9.69 Å². The molecule has 2 N–H and O–H groups in total. The van der Waals surface area contributed by atoms with Crippen LogP contribution in [-0.4, -0.2) is 37.0 Å². The third-order valence-corrected chi connectivity index (χ3v) is 5.04. The van der Waals surface area contributed by atoms with Crippen LogP contribution in [-0.2, 0) is 15.1 Å². The van der Waals surface area contributed by atoms with Gasteiger partial charge in [-0.2, -0.15) is 0 Å². The Kier molecular flexibility index (Phi) is 3.94. The summed E-state index contributed by atoms with van der Waals surface area (Å²) < 4.78 is 19.3. The van der Waals surface area contributed by atoms with Crippen molar-refractivity contribution in [3.05, 3.63) is 34.1 Å². The van der Waals surface area contributed by atoms with Gasteiger partial charge in [-0.25, -0.2) is 9.38 Å². The van der Waals surface area contributed by atoms with Crippen LogP contribution in [0.2, 0.25) is 0 Å². The molecule has 1 atom stereocenters. The van der Waals surface area contributed by atoms with Crippen molar-refractivity contribution in [2.75, 3.05) is 20.3 Å². The van der Waals surface area contributed by atoms with Crippen LogP contribution in [0.3, 0.4) is 0 Å². The van der Waals surface area contributed by atoms with Crippen molar-refractivity contribution in [3.8, 4) is 0 Å². The van der Waals surface area contributed by atoms with Crippen molar-refractivity contribution in [3.63, 3.8) is 0 Å². The van der Waals surface area contributed by atoms with E-state index in [1.807, 2.05) is 0 Å². The summed E-state index contributed by atoms with van der Waals surface area (Å²) in [6.45, 7) is 1.17. The number of guanidine groups is 1. The maximum absolute atomic E-state index is 13.6. The van der Waals surface area contributed by atoms with E-state index in [2.05, 4.69) is 20.9 Å². The number of benzene rings is 1. The Balaban J connectivity index is 2.15. The summed E-state index contributed by atoms with van der Waals surface area (Å²) in [5, 5.41) is 0. The highest BCUT2D eigenvalue weighted by Crippen LogP contribution is 2.44. The molecule has 2 heterocycles. The monoisotopic (exact) mass is 369 g/mol. The summed E-state index contributed by atoms with van der Waals surface area (Å²) in [7, 11) is 1.61. The molecule has 1 aromatic rings. The average Bonchev–Trinajstić information content (AvgIpc) is 2.76. The second-order valence-electron chi connectivity index (χ2n) is 5.62. The Labute approximate surface area is 136 Å². The highest BCUT2D eigenvalue weighted by molar-refractivity contribution is 9.10. The predicted molar refractivity (Wildman–Crippen MR) is 83.7 cm³/mol. The van der Waals surface area contributed by atoms with Gasteiger partial charge in [0.2, 0.25) is 0 Å². The Bertz CT molecular complexity index is 646. The third-order valence-electron chi connectivity index (χ3n) is 4.44. The Hall–Kier alpha value is -1.47. The van der Waals surface area contributed by atoms with Gasteiger partial charge in [0.1, 0.15) is 5.82 Å². The van der Waals surface area contributed by atoms with Crippen molar-refractivity contribution in [2.24, 2.45) is 16.6 Å². The maximum atomic E-state index is 13.6. The van der Waals surface area contributed by atoms with Gasteiger partial charge in [0.15, 0.2) is 11.5 Å². The number of likely N-dealkylation sites (N-methyl/N-ethyl adjacent to an activating group) is 1. The Morgan fingerprint density at radius 1 is 1.45 bits per heavy atom. The van der Waals surface area contributed by atoms with Crippen molar-refractivity contribution < 1.29 is 13.9 Å². The van der Waals surface area contributed by atoms with Gasteiger partial charge in [0.25, 0.3) is 5.91 Å². The maximum Gasteiger partial charge on any atom is 0.261 e. The molecular formula is C15H17BrFN3O2. The first-order valence-corrected chi connectivity index (χ1v) is 7.93. The Morgan fingerprint density at radius 2 is 2.14 bits per heavy atom. The van der Waals surface area contributed by atoms with Crippen molar-refractivity contribution >= 4 is 27.8 Å². The number of carbonyl (C=O) groups is 1. The lowest BCUT2D eigenvalue weighted by Crippen LogP contribution is -2.46. The van der Waals surface area contributed by atoms with E-state index in [1.165, 1.54) is 11.0 Å². The lowest BCUT2D eigenvalue weighted by molar-refractivity contribution is -0.134. The normalized spacial score (nSPS) is 26.4. The first kappa shape index (κ1) is 15.4. The SMILES string of the molecule is CN1C(=O)C(c2ccc(F)c(Br)c2)(C2CCOCC2)N=C1N. The summed E-state index contributed by atoms with van der Waals surface area (Å²) in [6, 6.07) is 4.58. The summed E-state index contributed by atoms with van der Waals surface area (Å²) in [5.41, 5.74) is 5.47. The van der Waals surface area contributed by atoms with E-state index in [0.29, 0.717) is 36.1 Å². The minimum absolute atomic E-state index is 0.0189. The van der Waals surface area contributed by atoms with E-state index in [-0.39, 0.29) is 23.6 Å². The molecule has 0 spiro atoms. The summed E-state index contributed by atoms with van der Waals surface area (Å²) in [5.74, 6) is -0.372. The molecule has 7 heteroatoms. The van der Waals surface area contributed by atoms with Crippen LogP contribution in [0.1, 0.15) is 18.4 Å². The second kappa shape index (κ2) is 5.62. The number of nitrogens with zero attached hydrogens (tertiary/aromatic N) is 2. The average molecular weight is 370 g/mol. The predicted octanol–water partition coefficient (Wildman–Crippen LogP) is 2.00. The number of carbonyl (C=O) groups excluding carboxylic acids is 1. The lowest BCUT2D eigenvalue weighted by Gasteiger charge is -2.36. The second-order valence-corrected chi connectivity index (χ2v) is 6.47. The highest BCUT2D eigenvalue weighted by atomic mass is 79.9. The molecule has 1 fully saturated rings. The zero-order valence-electron chi connectivity index (χ0n) is 12.2. The number of hydrogen-bond donors (Lipinski definition) is 1. The standard InChI is InChI=1S/C15H17BrFN3O2/c1-20-13(21)15(19-14(20)18,9-4-6-22-7-5-9)10-2-3-12(17)11(16)8-10/h2-3,8-9H,4-7H2,1H3,(H2,18,19). The molecule has 3 rings (SSSR count). The van der Waals surface area contributed by atoms with Crippen molar-refractivity contribution in [1.29, 1.82) is 0 Å². The number of amides is 1. The van der Waals surface area contributed by atoms with E-state index < -0.39 is 5.54 Å². The number of nitrogens with two attached hydrogens (primary N) is 1. The number of hydrogen-bond acceptors (Lipinski definition) is 4. The van der Waals surface area contributed by atoms with Gasteiger partial charge >= 0.3 is 0 Å². The topological polar surface area (TPSA) is 67.9 Å². The van der Waals surface area contributed by atoms with Crippen LogP contribution in [0.4, 0.5) is 4.39 Å². The fraction of sp³-hybridized carbons (Fsp3) is 0.467. The summed E-state index contributed by atoms with van der Waals surface area (Å²) >= 11 is 3.19. The minimum atomic E-state index is -1.08. The van der Waals surface area contributed by atoms with Gasteiger partial charge in [-0.15, -0.1) is 0 Å². The molecule has 2 aliphatic heterocycles. The molecule has 1 aromatic carbocycles. The summed E-state index contributed by atoms with van der Waals surface area (Å²) in [6.07, 6.45) is 1.43. The van der Waals surface area contributed by atoms with Crippen LogP contribution in [0.5, 0.6) is 0 Å². The van der Waals surface area contributed by atoms with E-state index in [0.717, 1.165) is 0 Å². The molecule has 0 saturated carbocycles. The molecule has 1 saturated heterocycles. The smallest absolute Gasteiger partial charge is 0.261 e. The summed E-state index contributed by atoms with van der Waals surface area (Å²) in [4.78, 5) is 18.8. The molecule has 5 nitrogen and oxygen atoms in total. The molecule has 0 radical (unpaired) electrons. The van der Waals surface area contributed by atoms with E-state index >= 15 is 0 Å². The molecule has 2 aliphatic rings. The van der Waals surface area contributed by atoms with Gasteiger partial charge in [0, 0.05) is 26.2 Å². The van der Waals surface area contributed by atoms with Crippen LogP contribution in [0.15, 0.2) is 27.7 Å². The molecule has 0 aromatic heterocycles. The number of halogens is 2. The molecule has 22 heavy (non-hydrogen) atoms. The fourth-order valence-electron chi connectivity index (χ4n) is 3.20. The Morgan fingerprint density at radius 3 is 2.68 bits per heavy atom. The van der Waals surface area contributed by atoms with Crippen LogP contribution >= 0.6 is 15.9 Å². The molecular weight excluding hydrogens is 353 g/mol. The zero-order valence-corrected chi connectivity index (χ0v) is 13.8. The van der Waals surface area contributed by atoms with Crippen LogP contribution < -0.4 is 5.73 Å². The molecule has 118 valence electrons. The first-order valence-electron chi connectivity index (χ1n) is 7.13. The van der Waals surface area contributed by atoms with E-state index in [9.17, 15) is 9.18 Å². The third kappa shape index (κ3) is 2.23. The van der Waals surface area contributed by atoms with E-state index in [4.69, 9.17) is 10.5 Å². The number of rotatable bonds is 2.